The summed E-state index contributed by atoms with van der Waals surface area (Å²) in [6.45, 7) is 4.32. The molecule has 7 heteroatoms. The van der Waals surface area contributed by atoms with Crippen molar-refractivity contribution in [1.29, 1.82) is 0 Å². The number of hydrogen-bond acceptors (Lipinski definition) is 5. The predicted octanol–water partition coefficient (Wildman–Crippen LogP) is 2.34. The molecule has 132 valence electrons. The van der Waals surface area contributed by atoms with E-state index >= 15 is 0 Å². The number of hydrogen-bond donors (Lipinski definition) is 1. The molecule has 0 bridgehead atoms. The van der Waals surface area contributed by atoms with Crippen molar-refractivity contribution in [2.75, 3.05) is 6.61 Å². The van der Waals surface area contributed by atoms with Crippen molar-refractivity contribution in [3.63, 3.8) is 0 Å². The zero-order valence-electron chi connectivity index (χ0n) is 14.5. The van der Waals surface area contributed by atoms with Gasteiger partial charge in [0.15, 0.2) is 18.0 Å². The first-order valence-electron chi connectivity index (χ1n) is 8.27. The number of nitrogens with zero attached hydrogens (tertiary/aromatic N) is 3. The molecule has 0 spiro atoms. The lowest BCUT2D eigenvalue weighted by Gasteiger charge is -2.14. The van der Waals surface area contributed by atoms with Gasteiger partial charge in [-0.2, -0.15) is 0 Å². The normalized spacial score (nSPS) is 13.9. The summed E-state index contributed by atoms with van der Waals surface area (Å²) >= 11 is 0. The second kappa shape index (κ2) is 6.51. The summed E-state index contributed by atoms with van der Waals surface area (Å²) in [6, 6.07) is 12.0. The number of carbonyl (C=O) groups is 1. The van der Waals surface area contributed by atoms with E-state index in [1.54, 1.807) is 0 Å². The Morgan fingerprint density at radius 2 is 2.04 bits per heavy atom. The van der Waals surface area contributed by atoms with E-state index in [1.807, 2.05) is 41.8 Å². The number of carbonyl (C=O) groups excluding carboxylic acids is 1. The summed E-state index contributed by atoms with van der Waals surface area (Å²) in [4.78, 5) is 15.8. The molecule has 0 radical (unpaired) electrons. The van der Waals surface area contributed by atoms with Gasteiger partial charge in [-0.05, 0) is 31.5 Å². The molecule has 7 nitrogen and oxygen atoms in total. The minimum absolute atomic E-state index is 0.0604. The highest BCUT2D eigenvalue weighted by atomic mass is 16.5. The number of aryl methyl sites for hydroxylation is 2. The van der Waals surface area contributed by atoms with E-state index in [0.29, 0.717) is 29.6 Å². The predicted molar refractivity (Wildman–Crippen MR) is 96.1 cm³/mol. The SMILES string of the molecule is Cc1ccc(COc2cccn3c(C4=NNC(=O)CO4)c(C)nc23)cc1. The number of hydrazone groups is 1. The molecule has 0 saturated carbocycles. The van der Waals surface area contributed by atoms with Gasteiger partial charge in [0.25, 0.3) is 11.8 Å². The average molecular weight is 350 g/mol. The van der Waals surface area contributed by atoms with E-state index in [9.17, 15) is 4.79 Å². The van der Waals surface area contributed by atoms with Gasteiger partial charge in [-0.25, -0.2) is 10.4 Å². The lowest BCUT2D eigenvalue weighted by atomic mass is 10.2. The molecule has 0 unspecified atom stereocenters. The standard InChI is InChI=1S/C19H18N4O3/c1-12-5-7-14(8-6-12)10-25-15-4-3-9-23-17(13(2)20-18(15)23)19-22-21-16(24)11-26-19/h3-9H,10-11H2,1-2H3,(H,21,24). The van der Waals surface area contributed by atoms with Crippen LogP contribution < -0.4 is 10.2 Å². The molecule has 1 N–H and O–H groups in total. The van der Waals surface area contributed by atoms with Crippen LogP contribution in [0.5, 0.6) is 5.75 Å². The summed E-state index contributed by atoms with van der Waals surface area (Å²) in [5.41, 5.74) is 6.84. The van der Waals surface area contributed by atoms with Crippen LogP contribution >= 0.6 is 0 Å². The zero-order valence-corrected chi connectivity index (χ0v) is 14.5. The fourth-order valence-corrected chi connectivity index (χ4v) is 2.80. The van der Waals surface area contributed by atoms with Gasteiger partial charge in [-0.15, -0.1) is 5.10 Å². The Kier molecular flexibility index (Phi) is 4.04. The number of pyridine rings is 1. The molecule has 1 amide bonds. The van der Waals surface area contributed by atoms with Crippen LogP contribution in [0.15, 0.2) is 47.7 Å². The first-order valence-corrected chi connectivity index (χ1v) is 8.27. The molecule has 0 aliphatic carbocycles. The van der Waals surface area contributed by atoms with Crippen molar-refractivity contribution < 1.29 is 14.3 Å². The number of rotatable bonds is 4. The first-order chi connectivity index (χ1) is 12.6. The van der Waals surface area contributed by atoms with Gasteiger partial charge in [0.1, 0.15) is 12.3 Å². The van der Waals surface area contributed by atoms with E-state index in [1.165, 1.54) is 5.56 Å². The Morgan fingerprint density at radius 3 is 2.77 bits per heavy atom. The fourth-order valence-electron chi connectivity index (χ4n) is 2.80. The molecule has 0 atom stereocenters. The van der Waals surface area contributed by atoms with Crippen molar-refractivity contribution >= 4 is 17.5 Å². The molecule has 3 aromatic rings. The maximum atomic E-state index is 11.2. The zero-order chi connectivity index (χ0) is 18.1. The molecule has 3 heterocycles. The Morgan fingerprint density at radius 1 is 1.23 bits per heavy atom. The molecule has 1 aliphatic rings. The monoisotopic (exact) mass is 350 g/mol. The van der Waals surface area contributed by atoms with Crippen molar-refractivity contribution in [2.24, 2.45) is 5.10 Å². The van der Waals surface area contributed by atoms with Crippen LogP contribution in [0, 0.1) is 13.8 Å². The number of ether oxygens (including phenoxy) is 2. The smallest absolute Gasteiger partial charge is 0.278 e. The average Bonchev–Trinajstić information content (AvgIpc) is 2.98. The van der Waals surface area contributed by atoms with Crippen LogP contribution in [0.3, 0.4) is 0 Å². The Balaban J connectivity index is 1.66. The molecule has 0 fully saturated rings. The van der Waals surface area contributed by atoms with Crippen LogP contribution in [0.4, 0.5) is 0 Å². The summed E-state index contributed by atoms with van der Waals surface area (Å²) in [5, 5.41) is 3.99. The van der Waals surface area contributed by atoms with Crippen molar-refractivity contribution in [1.82, 2.24) is 14.8 Å². The number of amides is 1. The lowest BCUT2D eigenvalue weighted by Crippen LogP contribution is -2.32. The Labute approximate surface area is 150 Å². The van der Waals surface area contributed by atoms with Gasteiger partial charge in [-0.3, -0.25) is 9.20 Å². The molecular weight excluding hydrogens is 332 g/mol. The highest BCUT2D eigenvalue weighted by Crippen LogP contribution is 2.24. The molecule has 0 saturated heterocycles. The minimum atomic E-state index is -0.276. The largest absolute Gasteiger partial charge is 0.485 e. The van der Waals surface area contributed by atoms with Gasteiger partial charge < -0.3 is 9.47 Å². The van der Waals surface area contributed by atoms with Crippen LogP contribution in [0.25, 0.3) is 5.65 Å². The van der Waals surface area contributed by atoms with Gasteiger partial charge >= 0.3 is 0 Å². The van der Waals surface area contributed by atoms with E-state index in [2.05, 4.69) is 34.6 Å². The molecule has 1 aliphatic heterocycles. The van der Waals surface area contributed by atoms with Gasteiger partial charge in [-0.1, -0.05) is 29.8 Å². The number of fused-ring (bicyclic) bond motifs is 1. The Bertz CT molecular complexity index is 1010. The van der Waals surface area contributed by atoms with Crippen LogP contribution in [0.1, 0.15) is 22.5 Å². The van der Waals surface area contributed by atoms with Crippen molar-refractivity contribution in [3.05, 3.63) is 65.1 Å². The van der Waals surface area contributed by atoms with E-state index < -0.39 is 0 Å². The maximum Gasteiger partial charge on any atom is 0.278 e. The first kappa shape index (κ1) is 16.1. The highest BCUT2D eigenvalue weighted by Gasteiger charge is 2.22. The number of nitrogens with one attached hydrogen (secondary N) is 1. The fraction of sp³-hybridized carbons (Fsp3) is 0.211. The van der Waals surface area contributed by atoms with E-state index in [4.69, 9.17) is 9.47 Å². The molecule has 4 rings (SSSR count). The molecule has 1 aromatic carbocycles. The van der Waals surface area contributed by atoms with Crippen molar-refractivity contribution in [2.45, 2.75) is 20.5 Å². The van der Waals surface area contributed by atoms with E-state index in [0.717, 1.165) is 11.3 Å². The minimum Gasteiger partial charge on any atom is -0.485 e. The summed E-state index contributed by atoms with van der Waals surface area (Å²) in [5.74, 6) is 0.732. The second-order valence-electron chi connectivity index (χ2n) is 6.13. The molecule has 26 heavy (non-hydrogen) atoms. The van der Waals surface area contributed by atoms with E-state index in [-0.39, 0.29) is 12.5 Å². The third-order valence-corrected chi connectivity index (χ3v) is 4.13. The maximum absolute atomic E-state index is 11.2. The van der Waals surface area contributed by atoms with Crippen molar-refractivity contribution in [3.8, 4) is 5.75 Å². The number of aromatic nitrogens is 2. The third kappa shape index (κ3) is 2.99. The second-order valence-corrected chi connectivity index (χ2v) is 6.13. The number of benzene rings is 1. The summed E-state index contributed by atoms with van der Waals surface area (Å²) in [6.07, 6.45) is 1.87. The quantitative estimate of drug-likeness (QED) is 0.783. The molecule has 2 aromatic heterocycles. The highest BCUT2D eigenvalue weighted by molar-refractivity contribution is 5.98. The molecular formula is C19H18N4O3. The summed E-state index contributed by atoms with van der Waals surface area (Å²) < 4.78 is 13.3. The van der Waals surface area contributed by atoms with Crippen LogP contribution in [-0.4, -0.2) is 27.8 Å². The Hall–Kier alpha value is -3.35. The van der Waals surface area contributed by atoms with Gasteiger partial charge in [0.05, 0.1) is 5.69 Å². The van der Waals surface area contributed by atoms with Gasteiger partial charge in [0.2, 0.25) is 0 Å². The number of imidazole rings is 1. The third-order valence-electron chi connectivity index (χ3n) is 4.13. The van der Waals surface area contributed by atoms with Crippen LogP contribution in [-0.2, 0) is 16.1 Å². The summed E-state index contributed by atoms with van der Waals surface area (Å²) in [7, 11) is 0. The lowest BCUT2D eigenvalue weighted by molar-refractivity contribution is -0.124. The van der Waals surface area contributed by atoms with Crippen LogP contribution in [0.2, 0.25) is 0 Å². The topological polar surface area (TPSA) is 77.2 Å². The van der Waals surface area contributed by atoms with Gasteiger partial charge in [0, 0.05) is 6.20 Å².